The van der Waals surface area contributed by atoms with Crippen LogP contribution in [0.5, 0.6) is 0 Å². The molecule has 1 N–H and O–H groups in total. The topological polar surface area (TPSA) is 91.5 Å². The molecule has 4 aromatic heterocycles. The number of rotatable bonds is 4. The molecule has 0 spiro atoms. The molecule has 0 amide bonds. The molecule has 0 saturated heterocycles. The van der Waals surface area contributed by atoms with E-state index in [1.807, 2.05) is 49.9 Å². The summed E-state index contributed by atoms with van der Waals surface area (Å²) in [7, 11) is 7.52. The number of aliphatic hydroxyl groups is 1. The van der Waals surface area contributed by atoms with Crippen LogP contribution >= 0.6 is 77.0 Å². The summed E-state index contributed by atoms with van der Waals surface area (Å²) >= 11 is 11.4. The van der Waals surface area contributed by atoms with Gasteiger partial charge in [-0.1, -0.05) is 0 Å². The highest BCUT2D eigenvalue weighted by atomic mass is 127. The van der Waals surface area contributed by atoms with E-state index in [9.17, 15) is 5.11 Å². The average molecular weight is 778 g/mol. The maximum absolute atomic E-state index is 10.2. The quantitative estimate of drug-likeness (QED) is 0.320. The smallest absolute Gasteiger partial charge is 0.112 e. The Balaban J connectivity index is 0.000000176. The molecule has 0 bridgehead atoms. The molecule has 13 heteroatoms. The van der Waals surface area contributed by atoms with Crippen molar-refractivity contribution in [1.29, 1.82) is 0 Å². The summed E-state index contributed by atoms with van der Waals surface area (Å²) in [5.74, 6) is 0. The van der Waals surface area contributed by atoms with Crippen LogP contribution < -0.4 is 0 Å². The highest BCUT2D eigenvalue weighted by molar-refractivity contribution is 14.1. The Kier molecular flexibility index (Phi) is 8.37. The number of hydrogen-bond acceptors (Lipinski definition) is 5. The van der Waals surface area contributed by atoms with E-state index in [2.05, 4.69) is 97.4 Å². The molecule has 1 atom stereocenters. The van der Waals surface area contributed by atoms with Crippen LogP contribution in [0.25, 0.3) is 0 Å². The fourth-order valence-corrected chi connectivity index (χ4v) is 4.55. The molecule has 31 heavy (non-hydrogen) atoms. The molecule has 4 rings (SSSR count). The fraction of sp³-hybridized carbons (Fsp3) is 0.333. The molecule has 166 valence electrons. The first-order chi connectivity index (χ1) is 14.6. The van der Waals surface area contributed by atoms with Crippen molar-refractivity contribution in [3.8, 4) is 0 Å². The Hall–Kier alpha value is -0.780. The van der Waals surface area contributed by atoms with Crippen molar-refractivity contribution in [1.82, 2.24) is 39.1 Å². The third kappa shape index (κ3) is 5.42. The molecule has 0 aromatic carbocycles. The van der Waals surface area contributed by atoms with Crippen molar-refractivity contribution in [3.63, 3.8) is 0 Å². The second-order valence-electron chi connectivity index (χ2n) is 6.78. The van der Waals surface area contributed by atoms with Crippen LogP contribution in [-0.2, 0) is 34.6 Å². The van der Waals surface area contributed by atoms with Crippen LogP contribution in [0.15, 0.2) is 34.0 Å². The van der Waals surface area contributed by atoms with Crippen molar-refractivity contribution in [2.24, 2.45) is 28.2 Å². The van der Waals surface area contributed by atoms with Gasteiger partial charge in [0, 0.05) is 56.9 Å². The van der Waals surface area contributed by atoms with Gasteiger partial charge in [0.15, 0.2) is 0 Å². The largest absolute Gasteiger partial charge is 0.383 e. The van der Waals surface area contributed by atoms with Gasteiger partial charge in [-0.15, -0.1) is 0 Å². The van der Waals surface area contributed by atoms with Gasteiger partial charge in [-0.25, -0.2) is 0 Å². The van der Waals surface area contributed by atoms with E-state index >= 15 is 0 Å². The summed E-state index contributed by atoms with van der Waals surface area (Å²) < 4.78 is 11.0. The maximum Gasteiger partial charge on any atom is 0.112 e. The lowest BCUT2D eigenvalue weighted by atomic mass is 10.1. The summed E-state index contributed by atoms with van der Waals surface area (Å²) in [6.07, 6.45) is 7.27. The highest BCUT2D eigenvalue weighted by Crippen LogP contribution is 2.30. The number of halogens is 4. The van der Waals surface area contributed by atoms with Crippen molar-refractivity contribution >= 4 is 77.0 Å². The first-order valence-corrected chi connectivity index (χ1v) is 12.7. The van der Waals surface area contributed by atoms with Gasteiger partial charge in [-0.2, -0.15) is 20.4 Å². The summed E-state index contributed by atoms with van der Waals surface area (Å²) in [5, 5.41) is 26.8. The number of aryl methyl sites for hydroxylation is 4. The maximum atomic E-state index is 10.2. The molecular weight excluding hydrogens is 758 g/mol. The zero-order valence-electron chi connectivity index (χ0n) is 17.1. The Morgan fingerprint density at radius 1 is 0.742 bits per heavy atom. The molecule has 0 fully saturated rings. The third-order valence-corrected chi connectivity index (χ3v) is 9.33. The van der Waals surface area contributed by atoms with E-state index < -0.39 is 6.10 Å². The first kappa shape index (κ1) is 24.9. The number of aromatic nitrogens is 8. The minimum absolute atomic E-state index is 0.705. The Labute approximate surface area is 223 Å². The highest BCUT2D eigenvalue weighted by Gasteiger charge is 2.21. The monoisotopic (exact) mass is 776 g/mol. The van der Waals surface area contributed by atoms with Gasteiger partial charge in [0.2, 0.25) is 0 Å². The predicted molar refractivity (Wildman–Crippen MR) is 141 cm³/mol. The van der Waals surface area contributed by atoms with Crippen LogP contribution in [0.4, 0.5) is 0 Å². The summed E-state index contributed by atoms with van der Waals surface area (Å²) in [4.78, 5) is 0. The van der Waals surface area contributed by atoms with Crippen LogP contribution in [-0.4, -0.2) is 44.2 Å². The Morgan fingerprint density at radius 3 is 1.68 bits per heavy atom. The predicted octanol–water partition coefficient (Wildman–Crippen LogP) is 3.71. The van der Waals surface area contributed by atoms with E-state index in [1.165, 1.54) is 14.8 Å². The molecule has 4 heterocycles. The zero-order chi connectivity index (χ0) is 22.9. The van der Waals surface area contributed by atoms with Crippen LogP contribution in [0.1, 0.15) is 28.4 Å². The average Bonchev–Trinajstić information content (AvgIpc) is 3.45. The molecule has 0 saturated carbocycles. The SMILES string of the molecule is Cn1ncc(C(O)c2cnn(C)c2I)c1Br.Cn1ncc(Cc2cnn(C)c2I)c1Br. The van der Waals surface area contributed by atoms with E-state index in [4.69, 9.17) is 0 Å². The lowest BCUT2D eigenvalue weighted by Gasteiger charge is -2.08. The van der Waals surface area contributed by atoms with Gasteiger partial charge in [-0.05, 0) is 77.0 Å². The van der Waals surface area contributed by atoms with E-state index in [-0.39, 0.29) is 0 Å². The molecule has 9 nitrogen and oxygen atoms in total. The molecule has 0 aliphatic carbocycles. The van der Waals surface area contributed by atoms with Crippen molar-refractivity contribution in [2.75, 3.05) is 0 Å². The van der Waals surface area contributed by atoms with Gasteiger partial charge < -0.3 is 5.11 Å². The molecule has 0 aliphatic rings. The number of aliphatic hydroxyl groups excluding tert-OH is 1. The fourth-order valence-electron chi connectivity index (χ4n) is 2.79. The van der Waals surface area contributed by atoms with E-state index in [0.717, 1.165) is 30.5 Å². The summed E-state index contributed by atoms with van der Waals surface area (Å²) in [6, 6.07) is 0. The molecule has 4 aromatic rings. The Bertz CT molecular complexity index is 1110. The van der Waals surface area contributed by atoms with Crippen LogP contribution in [0, 0.1) is 7.40 Å². The van der Waals surface area contributed by atoms with Crippen LogP contribution in [0.2, 0.25) is 0 Å². The second-order valence-corrected chi connectivity index (χ2v) is 10.3. The molecule has 0 aliphatic heterocycles. The first-order valence-electron chi connectivity index (χ1n) is 8.97. The van der Waals surface area contributed by atoms with E-state index in [0.29, 0.717) is 0 Å². The molecule has 1 unspecified atom stereocenters. The number of nitrogens with zero attached hydrogens (tertiary/aromatic N) is 8. The van der Waals surface area contributed by atoms with Gasteiger partial charge in [0.25, 0.3) is 0 Å². The molecule has 0 radical (unpaired) electrons. The number of hydrogen-bond donors (Lipinski definition) is 1. The van der Waals surface area contributed by atoms with Gasteiger partial charge in [-0.3, -0.25) is 18.7 Å². The van der Waals surface area contributed by atoms with Gasteiger partial charge >= 0.3 is 0 Å². The lowest BCUT2D eigenvalue weighted by Crippen LogP contribution is -2.02. The summed E-state index contributed by atoms with van der Waals surface area (Å²) in [6.45, 7) is 0. The standard InChI is InChI=1S/C9H10BrIN4O.C9H10BrIN4/c1-14-8(10)5(3-12-14)7(16)6-4-13-15(2)9(6)11;1-14-8(10)6(4-12-14)3-7-5-13-15(2)9(7)11/h3-4,7,16H,1-2H3;4-5H,3H2,1-2H3. The van der Waals surface area contributed by atoms with Gasteiger partial charge in [0.05, 0.1) is 24.8 Å². The zero-order valence-corrected chi connectivity index (χ0v) is 24.6. The second kappa shape index (κ2) is 10.4. The van der Waals surface area contributed by atoms with Crippen molar-refractivity contribution < 1.29 is 5.11 Å². The lowest BCUT2D eigenvalue weighted by molar-refractivity contribution is 0.218. The minimum Gasteiger partial charge on any atom is -0.383 e. The third-order valence-electron chi connectivity index (χ3n) is 4.63. The van der Waals surface area contributed by atoms with Crippen LogP contribution in [0.3, 0.4) is 0 Å². The Morgan fingerprint density at radius 2 is 1.23 bits per heavy atom. The summed E-state index contributed by atoms with van der Waals surface area (Å²) in [5.41, 5.74) is 3.94. The van der Waals surface area contributed by atoms with Crippen molar-refractivity contribution in [3.05, 3.63) is 63.6 Å². The molecular formula is C18H20Br2I2N8O. The van der Waals surface area contributed by atoms with Gasteiger partial charge in [0.1, 0.15) is 22.7 Å². The van der Waals surface area contributed by atoms with E-state index in [1.54, 1.807) is 21.8 Å². The normalized spacial score (nSPS) is 12.0. The van der Waals surface area contributed by atoms with Crippen molar-refractivity contribution in [2.45, 2.75) is 12.5 Å². The minimum atomic E-state index is -0.705.